The lowest BCUT2D eigenvalue weighted by Crippen LogP contribution is -2.58. The van der Waals surface area contributed by atoms with Gasteiger partial charge in [-0.25, -0.2) is 0 Å². The molecule has 0 radical (unpaired) electrons. The van der Waals surface area contributed by atoms with Gasteiger partial charge in [-0.15, -0.1) is 0 Å². The zero-order chi connectivity index (χ0) is 15.2. The second-order valence-electron chi connectivity index (χ2n) is 6.70. The molecule has 1 aliphatic rings. The summed E-state index contributed by atoms with van der Waals surface area (Å²) < 4.78 is 0. The third kappa shape index (κ3) is 4.31. The summed E-state index contributed by atoms with van der Waals surface area (Å²) >= 11 is 0. The molecule has 1 aromatic carbocycles. The van der Waals surface area contributed by atoms with E-state index in [1.165, 1.54) is 36.9 Å². The van der Waals surface area contributed by atoms with Crippen molar-refractivity contribution in [1.29, 1.82) is 0 Å². The highest BCUT2D eigenvalue weighted by Gasteiger charge is 2.30. The first kappa shape index (κ1) is 16.5. The van der Waals surface area contributed by atoms with E-state index < -0.39 is 0 Å². The molecule has 0 bridgehead atoms. The maximum atomic E-state index is 3.77. The number of hydrogen-bond acceptors (Lipinski definition) is 2. The predicted octanol–water partition coefficient (Wildman–Crippen LogP) is 3.98. The van der Waals surface area contributed by atoms with Crippen LogP contribution in [0.15, 0.2) is 24.3 Å². The number of nitrogens with one attached hydrogen (secondary N) is 1. The van der Waals surface area contributed by atoms with Crippen molar-refractivity contribution in [3.8, 4) is 0 Å². The first-order chi connectivity index (χ1) is 10.2. The second kappa shape index (κ2) is 7.95. The Balaban J connectivity index is 2.11. The number of benzene rings is 1. The Morgan fingerprint density at radius 2 is 2.05 bits per heavy atom. The molecule has 0 aliphatic carbocycles. The molecule has 1 heterocycles. The summed E-state index contributed by atoms with van der Waals surface area (Å²) in [5.41, 5.74) is 2.91. The van der Waals surface area contributed by atoms with Crippen LogP contribution in [0.2, 0.25) is 0 Å². The van der Waals surface area contributed by atoms with Gasteiger partial charge in [-0.2, -0.15) is 0 Å². The summed E-state index contributed by atoms with van der Waals surface area (Å²) in [7, 11) is 0. The van der Waals surface area contributed by atoms with Crippen LogP contribution >= 0.6 is 0 Å². The number of hydrogen-bond donors (Lipinski definition) is 1. The average molecular weight is 288 g/mol. The van der Waals surface area contributed by atoms with Crippen LogP contribution in [0.1, 0.15) is 51.2 Å². The van der Waals surface area contributed by atoms with Gasteiger partial charge in [0.1, 0.15) is 0 Å². The third-order valence-electron chi connectivity index (χ3n) is 5.11. The number of aryl methyl sites for hydroxylation is 1. The fourth-order valence-corrected chi connectivity index (χ4v) is 3.46. The number of nitrogens with zero attached hydrogens (tertiary/aromatic N) is 1. The molecule has 1 N–H and O–H groups in total. The minimum atomic E-state index is 0.666. The quantitative estimate of drug-likeness (QED) is 0.851. The van der Waals surface area contributed by atoms with Crippen molar-refractivity contribution in [2.75, 3.05) is 13.1 Å². The summed E-state index contributed by atoms with van der Waals surface area (Å²) in [5.74, 6) is 0.754. The Morgan fingerprint density at radius 3 is 2.71 bits per heavy atom. The molecule has 3 atom stereocenters. The number of rotatable bonds is 6. The molecule has 3 unspecified atom stereocenters. The smallest absolute Gasteiger partial charge is 0.0250 e. The first-order valence-electron chi connectivity index (χ1n) is 8.67. The van der Waals surface area contributed by atoms with Crippen molar-refractivity contribution < 1.29 is 0 Å². The van der Waals surface area contributed by atoms with Crippen molar-refractivity contribution in [2.45, 2.75) is 65.6 Å². The Morgan fingerprint density at radius 1 is 1.29 bits per heavy atom. The molecule has 118 valence electrons. The fourth-order valence-electron chi connectivity index (χ4n) is 3.46. The molecular weight excluding hydrogens is 256 g/mol. The lowest BCUT2D eigenvalue weighted by Gasteiger charge is -2.43. The van der Waals surface area contributed by atoms with Crippen molar-refractivity contribution in [2.24, 2.45) is 5.92 Å². The maximum absolute atomic E-state index is 3.77. The van der Waals surface area contributed by atoms with Crippen molar-refractivity contribution in [1.82, 2.24) is 10.2 Å². The molecule has 2 nitrogen and oxygen atoms in total. The van der Waals surface area contributed by atoms with Crippen LogP contribution in [-0.2, 0) is 6.54 Å². The Kier molecular flexibility index (Phi) is 6.25. The van der Waals surface area contributed by atoms with Gasteiger partial charge in [0, 0.05) is 31.7 Å². The van der Waals surface area contributed by atoms with Crippen molar-refractivity contribution in [3.05, 3.63) is 35.4 Å². The molecule has 0 spiro atoms. The summed E-state index contributed by atoms with van der Waals surface area (Å²) in [5, 5.41) is 3.77. The Bertz CT molecular complexity index is 429. The average Bonchev–Trinajstić information content (AvgIpc) is 2.49. The van der Waals surface area contributed by atoms with Crippen LogP contribution in [0.5, 0.6) is 0 Å². The number of piperazine rings is 1. The monoisotopic (exact) mass is 288 g/mol. The molecule has 1 aromatic rings. The molecule has 2 rings (SSSR count). The van der Waals surface area contributed by atoms with Crippen LogP contribution in [0.25, 0.3) is 0 Å². The van der Waals surface area contributed by atoms with Gasteiger partial charge in [-0.05, 0) is 30.4 Å². The summed E-state index contributed by atoms with van der Waals surface area (Å²) in [6.45, 7) is 12.7. The summed E-state index contributed by atoms with van der Waals surface area (Å²) in [6, 6.07) is 10.2. The minimum Gasteiger partial charge on any atom is -0.311 e. The molecule has 0 aromatic heterocycles. The molecule has 0 saturated carbocycles. The molecule has 0 amide bonds. The highest BCUT2D eigenvalue weighted by Crippen LogP contribution is 2.22. The molecule has 1 saturated heterocycles. The topological polar surface area (TPSA) is 15.3 Å². The molecule has 2 heteroatoms. The zero-order valence-electron chi connectivity index (χ0n) is 14.2. The molecule has 1 aliphatic heterocycles. The predicted molar refractivity (Wildman–Crippen MR) is 91.5 cm³/mol. The maximum Gasteiger partial charge on any atom is 0.0250 e. The van der Waals surface area contributed by atoms with E-state index in [9.17, 15) is 0 Å². The van der Waals surface area contributed by atoms with Gasteiger partial charge in [0.15, 0.2) is 0 Å². The van der Waals surface area contributed by atoms with Gasteiger partial charge in [-0.3, -0.25) is 4.90 Å². The second-order valence-corrected chi connectivity index (χ2v) is 6.70. The van der Waals surface area contributed by atoms with Crippen LogP contribution < -0.4 is 5.32 Å². The largest absolute Gasteiger partial charge is 0.311 e. The highest BCUT2D eigenvalue weighted by atomic mass is 15.2. The molecule has 1 fully saturated rings. The highest BCUT2D eigenvalue weighted by molar-refractivity contribution is 5.25. The van der Waals surface area contributed by atoms with E-state index in [0.29, 0.717) is 12.1 Å². The van der Waals surface area contributed by atoms with Gasteiger partial charge in [-0.1, -0.05) is 57.9 Å². The lowest BCUT2D eigenvalue weighted by atomic mass is 9.93. The lowest BCUT2D eigenvalue weighted by molar-refractivity contribution is 0.0817. The Hall–Kier alpha value is -0.860. The van der Waals surface area contributed by atoms with Crippen LogP contribution in [0.3, 0.4) is 0 Å². The van der Waals surface area contributed by atoms with Gasteiger partial charge < -0.3 is 5.32 Å². The van der Waals surface area contributed by atoms with Gasteiger partial charge >= 0.3 is 0 Å². The normalized spacial score (nSPS) is 25.0. The van der Waals surface area contributed by atoms with Crippen LogP contribution in [0, 0.1) is 12.8 Å². The van der Waals surface area contributed by atoms with Crippen LogP contribution in [-0.4, -0.2) is 30.1 Å². The third-order valence-corrected chi connectivity index (χ3v) is 5.11. The summed E-state index contributed by atoms with van der Waals surface area (Å²) in [6.07, 6.45) is 3.82. The Labute approximate surface area is 130 Å². The van der Waals surface area contributed by atoms with Crippen molar-refractivity contribution >= 4 is 0 Å². The van der Waals surface area contributed by atoms with E-state index in [1.54, 1.807) is 0 Å². The van der Waals surface area contributed by atoms with E-state index in [0.717, 1.165) is 19.0 Å². The van der Waals surface area contributed by atoms with Gasteiger partial charge in [0.2, 0.25) is 0 Å². The SMILES string of the molecule is CCCC1CN(Cc2ccccc2C)C(C(C)CC)CN1. The van der Waals surface area contributed by atoms with E-state index in [4.69, 9.17) is 0 Å². The van der Waals surface area contributed by atoms with Crippen molar-refractivity contribution in [3.63, 3.8) is 0 Å². The van der Waals surface area contributed by atoms with Gasteiger partial charge in [0.05, 0.1) is 0 Å². The summed E-state index contributed by atoms with van der Waals surface area (Å²) in [4.78, 5) is 2.73. The molecular formula is C19H32N2. The van der Waals surface area contributed by atoms with E-state index in [2.05, 4.69) is 62.2 Å². The van der Waals surface area contributed by atoms with Gasteiger partial charge in [0.25, 0.3) is 0 Å². The fraction of sp³-hybridized carbons (Fsp3) is 0.684. The minimum absolute atomic E-state index is 0.666. The molecule has 21 heavy (non-hydrogen) atoms. The van der Waals surface area contributed by atoms with E-state index in [-0.39, 0.29) is 0 Å². The zero-order valence-corrected chi connectivity index (χ0v) is 14.2. The first-order valence-corrected chi connectivity index (χ1v) is 8.67. The van der Waals surface area contributed by atoms with Crippen LogP contribution in [0.4, 0.5) is 0 Å². The standard InChI is InChI=1S/C19H32N2/c1-5-9-18-14-21(19(12-20-18)15(3)6-2)13-17-11-8-7-10-16(17)4/h7-8,10-11,15,18-20H,5-6,9,12-14H2,1-4H3. The van der Waals surface area contributed by atoms with E-state index >= 15 is 0 Å². The van der Waals surface area contributed by atoms with E-state index in [1.807, 2.05) is 0 Å².